The number of aliphatic hydroxyl groups is 2. The van der Waals surface area contributed by atoms with Gasteiger partial charge in [-0.3, -0.25) is 9.59 Å². The number of halogens is 1. The highest BCUT2D eigenvalue weighted by atomic mass is 19.1. The van der Waals surface area contributed by atoms with Crippen molar-refractivity contribution in [2.24, 2.45) is 10.8 Å². The van der Waals surface area contributed by atoms with Crippen molar-refractivity contribution in [3.8, 4) is 33.6 Å². The number of hydrogen-bond donors (Lipinski definition) is 6. The van der Waals surface area contributed by atoms with E-state index in [1.165, 1.54) is 6.92 Å². The first-order valence-electron chi connectivity index (χ1n) is 16.2. The van der Waals surface area contributed by atoms with Crippen molar-refractivity contribution >= 4 is 11.8 Å². The molecule has 0 aliphatic heterocycles. The number of benzene rings is 2. The zero-order valence-electron chi connectivity index (χ0n) is 29.3. The minimum atomic E-state index is -2.12. The molecule has 0 saturated carbocycles. The van der Waals surface area contributed by atoms with Crippen LogP contribution < -0.4 is 10.6 Å². The molecule has 0 aliphatic carbocycles. The number of amides is 2. The molecule has 48 heavy (non-hydrogen) atoms. The van der Waals surface area contributed by atoms with Crippen molar-refractivity contribution in [1.82, 2.24) is 30.6 Å². The molecule has 4 aromatic rings. The third kappa shape index (κ3) is 8.19. The summed E-state index contributed by atoms with van der Waals surface area (Å²) >= 11 is 0. The Morgan fingerprint density at radius 1 is 0.667 bits per heavy atom. The van der Waals surface area contributed by atoms with Crippen molar-refractivity contribution in [2.75, 3.05) is 6.67 Å². The second-order valence-electron chi connectivity index (χ2n) is 15.1. The number of nitrogens with zero attached hydrogens (tertiary/aromatic N) is 2. The second kappa shape index (κ2) is 13.6. The highest BCUT2D eigenvalue weighted by Crippen LogP contribution is 2.35. The Morgan fingerprint density at radius 3 is 1.31 bits per heavy atom. The quantitative estimate of drug-likeness (QED) is 0.109. The number of imidazole rings is 2. The van der Waals surface area contributed by atoms with E-state index in [9.17, 15) is 24.2 Å². The Hall–Kier alpha value is -4.35. The van der Waals surface area contributed by atoms with Crippen molar-refractivity contribution in [2.45, 2.75) is 92.0 Å². The molecule has 6 N–H and O–H groups in total. The van der Waals surface area contributed by atoms with Gasteiger partial charge in [-0.2, -0.15) is 0 Å². The van der Waals surface area contributed by atoms with E-state index in [0.29, 0.717) is 23.8 Å². The van der Waals surface area contributed by atoms with Crippen LogP contribution in [0.15, 0.2) is 60.9 Å². The molecule has 0 fully saturated rings. The van der Waals surface area contributed by atoms with Crippen LogP contribution in [0.1, 0.15) is 92.5 Å². The normalized spacial score (nSPS) is 16.0. The van der Waals surface area contributed by atoms with E-state index in [1.807, 2.05) is 96.3 Å². The topological polar surface area (TPSA) is 156 Å². The number of hydrogen-bond acceptors (Lipinski definition) is 6. The van der Waals surface area contributed by atoms with Crippen molar-refractivity contribution in [3.05, 3.63) is 72.6 Å². The number of nitrogens with one attached hydrogen (secondary N) is 4. The summed E-state index contributed by atoms with van der Waals surface area (Å²) in [5, 5.41) is 26.3. The third-order valence-electron chi connectivity index (χ3n) is 8.65. The third-order valence-corrected chi connectivity index (χ3v) is 8.65. The Bertz CT molecular complexity index is 1580. The molecule has 11 heteroatoms. The average Bonchev–Trinajstić information content (AvgIpc) is 3.72. The molecule has 2 aromatic carbocycles. The molecule has 258 valence electrons. The molecule has 2 unspecified atom stereocenters. The molecule has 0 aliphatic rings. The number of carbonyl (C=O) groups excluding carboxylic acids is 2. The molecule has 10 nitrogen and oxygen atoms in total. The number of H-pyrrole nitrogens is 2. The van der Waals surface area contributed by atoms with Crippen LogP contribution in [-0.4, -0.2) is 59.8 Å². The summed E-state index contributed by atoms with van der Waals surface area (Å²) in [5.74, 6) is -0.118. The van der Waals surface area contributed by atoms with Gasteiger partial charge in [-0.25, -0.2) is 14.4 Å². The first-order valence-corrected chi connectivity index (χ1v) is 16.2. The van der Waals surface area contributed by atoms with Gasteiger partial charge in [0.1, 0.15) is 23.9 Å². The number of carbonyl (C=O) groups is 2. The second-order valence-corrected chi connectivity index (χ2v) is 15.1. The monoisotopic (exact) mass is 660 g/mol. The van der Waals surface area contributed by atoms with Crippen LogP contribution in [-0.2, 0) is 9.59 Å². The molecule has 2 heterocycles. The minimum Gasteiger partial charge on any atom is -0.380 e. The summed E-state index contributed by atoms with van der Waals surface area (Å²) in [4.78, 5) is 41.2. The van der Waals surface area contributed by atoms with E-state index >= 15 is 0 Å². The Morgan fingerprint density at radius 2 is 1.00 bits per heavy atom. The van der Waals surface area contributed by atoms with E-state index in [4.69, 9.17) is 9.97 Å². The number of aromatic nitrogens is 4. The molecule has 0 radical (unpaired) electrons. The van der Waals surface area contributed by atoms with Gasteiger partial charge in [-0.15, -0.1) is 0 Å². The fraction of sp³-hybridized carbons (Fsp3) is 0.459. The maximum absolute atomic E-state index is 13.2. The maximum Gasteiger partial charge on any atom is 0.255 e. The molecular formula is C37H49FN6O4. The lowest BCUT2D eigenvalue weighted by atomic mass is 9.85. The predicted octanol–water partition coefficient (Wildman–Crippen LogP) is 6.42. The summed E-state index contributed by atoms with van der Waals surface area (Å²) in [6.45, 7) is 15.0. The maximum atomic E-state index is 13.2. The summed E-state index contributed by atoms with van der Waals surface area (Å²) in [7, 11) is 0. The summed E-state index contributed by atoms with van der Waals surface area (Å²) in [5.41, 5.74) is 0.819. The van der Waals surface area contributed by atoms with Gasteiger partial charge in [0.25, 0.3) is 11.8 Å². The SMILES string of the molecule is CCC(C)(O)C(=O)N[C@H](c1nc(-c2ccc(-c3ccc(-c4c[nH]c([C@@H](NC(=O)C(C)(O)CF)C(C)(C)C)n4)cc3)cc2)c[nH]1)C(C)(C)C. The van der Waals surface area contributed by atoms with Gasteiger partial charge < -0.3 is 30.8 Å². The van der Waals surface area contributed by atoms with Gasteiger partial charge in [-0.05, 0) is 42.2 Å². The van der Waals surface area contributed by atoms with Crippen LogP contribution in [0.5, 0.6) is 0 Å². The van der Waals surface area contributed by atoms with Crippen LogP contribution in [0.4, 0.5) is 4.39 Å². The standard InChI is InChI=1S/C37H49FN6O4/c1-10-36(8,47)32(45)43-28(34(2,3)4)30-39-19-26(41-30)24-15-11-22(12-16-24)23-13-17-25(18-14-23)27-20-40-31(42-27)29(35(5,6)7)44-33(46)37(9,48)21-38/h11-20,28-29,47-48H,10,21H2,1-9H3,(H,39,41)(H,40,42)(H,43,45)(H,44,46)/t28-,29-,36?,37?/m1/s1. The van der Waals surface area contributed by atoms with Crippen molar-refractivity contribution < 1.29 is 24.2 Å². The summed E-state index contributed by atoms with van der Waals surface area (Å²) in [6, 6.07) is 15.0. The molecular weight excluding hydrogens is 611 g/mol. The summed E-state index contributed by atoms with van der Waals surface area (Å²) in [6.07, 6.45) is 3.88. The highest BCUT2D eigenvalue weighted by Gasteiger charge is 2.38. The average molecular weight is 661 g/mol. The van der Waals surface area contributed by atoms with E-state index in [0.717, 1.165) is 34.9 Å². The molecule has 0 bridgehead atoms. The van der Waals surface area contributed by atoms with Gasteiger partial charge in [-0.1, -0.05) is 97.0 Å². The van der Waals surface area contributed by atoms with Crippen LogP contribution in [0.3, 0.4) is 0 Å². The zero-order chi connectivity index (χ0) is 35.7. The largest absolute Gasteiger partial charge is 0.380 e. The van der Waals surface area contributed by atoms with Gasteiger partial charge in [0.2, 0.25) is 0 Å². The van der Waals surface area contributed by atoms with E-state index in [1.54, 1.807) is 13.1 Å². The smallest absolute Gasteiger partial charge is 0.255 e. The summed E-state index contributed by atoms with van der Waals surface area (Å²) < 4.78 is 13.2. The highest BCUT2D eigenvalue weighted by molar-refractivity contribution is 5.85. The van der Waals surface area contributed by atoms with E-state index in [-0.39, 0.29) is 5.41 Å². The molecule has 4 atom stereocenters. The van der Waals surface area contributed by atoms with Gasteiger partial charge in [0, 0.05) is 23.5 Å². The minimum absolute atomic E-state index is 0.298. The van der Waals surface area contributed by atoms with Gasteiger partial charge in [0.05, 0.1) is 23.5 Å². The molecule has 0 spiro atoms. The lowest BCUT2D eigenvalue weighted by molar-refractivity contribution is -0.141. The molecule has 2 aromatic heterocycles. The van der Waals surface area contributed by atoms with Crippen LogP contribution in [0.25, 0.3) is 33.6 Å². The number of alkyl halides is 1. The fourth-order valence-electron chi connectivity index (χ4n) is 5.12. The zero-order valence-corrected chi connectivity index (χ0v) is 29.3. The van der Waals surface area contributed by atoms with Crippen LogP contribution >= 0.6 is 0 Å². The number of rotatable bonds is 11. The first kappa shape index (κ1) is 36.5. The van der Waals surface area contributed by atoms with Crippen LogP contribution in [0, 0.1) is 10.8 Å². The van der Waals surface area contributed by atoms with Gasteiger partial charge >= 0.3 is 0 Å². The van der Waals surface area contributed by atoms with E-state index in [2.05, 4.69) is 20.6 Å². The molecule has 4 rings (SSSR count). The Labute approximate surface area is 282 Å². The molecule has 0 saturated heterocycles. The van der Waals surface area contributed by atoms with Gasteiger partial charge in [0.15, 0.2) is 5.60 Å². The lowest BCUT2D eigenvalue weighted by Gasteiger charge is -2.32. The lowest BCUT2D eigenvalue weighted by Crippen LogP contribution is -2.49. The van der Waals surface area contributed by atoms with Crippen LogP contribution in [0.2, 0.25) is 0 Å². The predicted molar refractivity (Wildman–Crippen MR) is 185 cm³/mol. The van der Waals surface area contributed by atoms with E-state index < -0.39 is 47.2 Å². The Balaban J connectivity index is 1.50. The van der Waals surface area contributed by atoms with Crippen molar-refractivity contribution in [1.29, 1.82) is 0 Å². The van der Waals surface area contributed by atoms with Crippen molar-refractivity contribution in [3.63, 3.8) is 0 Å². The number of aromatic amines is 2. The Kier molecular flexibility index (Phi) is 10.4. The first-order chi connectivity index (χ1) is 22.3. The molecule has 2 amide bonds. The fourth-order valence-corrected chi connectivity index (χ4v) is 5.12.